The average molecular weight is 413 g/mol. The van der Waals surface area contributed by atoms with Gasteiger partial charge in [0.25, 0.3) is 5.91 Å². The summed E-state index contributed by atoms with van der Waals surface area (Å²) in [5, 5.41) is 15.9. The minimum atomic E-state index is -0.595. The number of carbonyl (C=O) groups excluding carboxylic acids is 1. The molecule has 0 aliphatic carbocycles. The summed E-state index contributed by atoms with van der Waals surface area (Å²) in [6.45, 7) is 4.06. The predicted octanol–water partition coefficient (Wildman–Crippen LogP) is 1.12. The molecule has 5 heterocycles. The number of carbonyl (C=O) groups is 1. The number of aromatic nitrogens is 3. The first-order valence-corrected chi connectivity index (χ1v) is 9.92. The quantitative estimate of drug-likeness (QED) is 0.436. The monoisotopic (exact) mass is 413 g/mol. The van der Waals surface area contributed by atoms with E-state index in [0.29, 0.717) is 30.9 Å². The van der Waals surface area contributed by atoms with Crippen molar-refractivity contribution >= 4 is 23.2 Å². The minimum absolute atomic E-state index is 0.156. The summed E-state index contributed by atoms with van der Waals surface area (Å²) in [5.74, 6) is -0.793. The van der Waals surface area contributed by atoms with Gasteiger partial charge in [-0.25, -0.2) is 15.0 Å². The highest BCUT2D eigenvalue weighted by Crippen LogP contribution is 2.27. The van der Waals surface area contributed by atoms with Crippen LogP contribution in [0.15, 0.2) is 36.7 Å². The van der Waals surface area contributed by atoms with Crippen LogP contribution < -0.4 is 15.5 Å². The molecular formula is C20H24FN7O2. The number of anilines is 3. The van der Waals surface area contributed by atoms with Crippen LogP contribution in [0.5, 0.6) is 0 Å². The second-order valence-corrected chi connectivity index (χ2v) is 7.27. The number of halogens is 1. The lowest BCUT2D eigenvalue weighted by atomic mass is 10.2. The van der Waals surface area contributed by atoms with Gasteiger partial charge >= 0.3 is 0 Å². The molecule has 3 N–H and O–H groups in total. The normalized spacial score (nSPS) is 23.5. The van der Waals surface area contributed by atoms with E-state index < -0.39 is 18.0 Å². The van der Waals surface area contributed by atoms with Crippen molar-refractivity contribution in [1.82, 2.24) is 19.9 Å². The van der Waals surface area contributed by atoms with E-state index in [1.165, 1.54) is 24.5 Å². The zero-order chi connectivity index (χ0) is 20.9. The molecule has 30 heavy (non-hydrogen) atoms. The smallest absolute Gasteiger partial charge is 0.274 e. The van der Waals surface area contributed by atoms with Crippen LogP contribution in [0.4, 0.5) is 21.7 Å². The summed E-state index contributed by atoms with van der Waals surface area (Å²) in [6.07, 6.45) is 6.72. The van der Waals surface area contributed by atoms with Crippen molar-refractivity contribution in [2.24, 2.45) is 0 Å². The average Bonchev–Trinajstić information content (AvgIpc) is 2.76. The van der Waals surface area contributed by atoms with Crippen molar-refractivity contribution in [3.63, 3.8) is 0 Å². The van der Waals surface area contributed by atoms with Gasteiger partial charge in [0, 0.05) is 51.5 Å². The fourth-order valence-electron chi connectivity index (χ4n) is 3.48. The van der Waals surface area contributed by atoms with Gasteiger partial charge in [0.15, 0.2) is 0 Å². The third-order valence-electron chi connectivity index (χ3n) is 5.13. The van der Waals surface area contributed by atoms with E-state index in [4.69, 9.17) is 0 Å². The molecule has 1 saturated heterocycles. The number of rotatable bonds is 0. The molecule has 10 heteroatoms. The molecule has 1 unspecified atom stereocenters. The predicted molar refractivity (Wildman–Crippen MR) is 111 cm³/mol. The van der Waals surface area contributed by atoms with E-state index in [-0.39, 0.29) is 18.2 Å². The third-order valence-corrected chi connectivity index (χ3v) is 5.13. The highest BCUT2D eigenvalue weighted by Gasteiger charge is 2.21. The van der Waals surface area contributed by atoms with Gasteiger partial charge in [-0.15, -0.1) is 0 Å². The summed E-state index contributed by atoms with van der Waals surface area (Å²) in [7, 11) is 0. The first-order chi connectivity index (χ1) is 14.6. The molecule has 1 amide bonds. The van der Waals surface area contributed by atoms with Gasteiger partial charge < -0.3 is 20.6 Å². The molecule has 1 atom stereocenters. The highest BCUT2D eigenvalue weighted by molar-refractivity contribution is 6.04. The number of aliphatic hydroxyl groups is 1. The molecular weight excluding hydrogens is 389 g/mol. The van der Waals surface area contributed by atoms with E-state index in [1.807, 2.05) is 11.0 Å². The Bertz CT molecular complexity index is 931. The van der Waals surface area contributed by atoms with E-state index in [0.717, 1.165) is 19.6 Å². The number of hydrogen-bond acceptors (Lipinski definition) is 8. The van der Waals surface area contributed by atoms with E-state index in [2.05, 4.69) is 36.6 Å². The van der Waals surface area contributed by atoms with Crippen molar-refractivity contribution in [2.75, 3.05) is 54.8 Å². The number of piperazine rings is 1. The van der Waals surface area contributed by atoms with Crippen molar-refractivity contribution in [2.45, 2.75) is 12.5 Å². The van der Waals surface area contributed by atoms with Gasteiger partial charge in [-0.2, -0.15) is 4.39 Å². The lowest BCUT2D eigenvalue weighted by Crippen LogP contribution is -2.46. The van der Waals surface area contributed by atoms with Crippen LogP contribution in [0, 0.1) is 5.95 Å². The third kappa shape index (κ3) is 4.89. The fraction of sp³-hybridized carbons (Fsp3) is 0.400. The van der Waals surface area contributed by atoms with Crippen LogP contribution in [0.2, 0.25) is 0 Å². The topological polar surface area (TPSA) is 107 Å². The molecule has 2 aromatic heterocycles. The Morgan fingerprint density at radius 3 is 2.83 bits per heavy atom. The van der Waals surface area contributed by atoms with E-state index in [1.54, 1.807) is 0 Å². The summed E-state index contributed by atoms with van der Waals surface area (Å²) in [4.78, 5) is 29.1. The van der Waals surface area contributed by atoms with Gasteiger partial charge in [-0.1, -0.05) is 12.2 Å². The van der Waals surface area contributed by atoms with Crippen molar-refractivity contribution in [1.29, 1.82) is 0 Å². The molecule has 0 aromatic carbocycles. The summed E-state index contributed by atoms with van der Waals surface area (Å²) < 4.78 is 13.9. The maximum Gasteiger partial charge on any atom is 0.274 e. The molecule has 3 aliphatic rings. The van der Waals surface area contributed by atoms with Crippen molar-refractivity contribution in [3.05, 3.63) is 48.3 Å². The fourth-order valence-corrected chi connectivity index (χ4v) is 3.48. The van der Waals surface area contributed by atoms with Gasteiger partial charge in [0.1, 0.15) is 5.69 Å². The molecule has 4 bridgehead atoms. The van der Waals surface area contributed by atoms with Crippen LogP contribution in [0.25, 0.3) is 0 Å². The number of fused-ring (bicyclic) bond motifs is 8. The molecule has 0 saturated carbocycles. The Morgan fingerprint density at radius 2 is 2.00 bits per heavy atom. The van der Waals surface area contributed by atoms with Gasteiger partial charge in [-0.3, -0.25) is 9.69 Å². The first-order valence-electron chi connectivity index (χ1n) is 9.92. The molecule has 2 aromatic rings. The zero-order valence-corrected chi connectivity index (χ0v) is 16.5. The van der Waals surface area contributed by atoms with Crippen LogP contribution in [-0.2, 0) is 0 Å². The van der Waals surface area contributed by atoms with Crippen molar-refractivity contribution in [3.8, 4) is 0 Å². The van der Waals surface area contributed by atoms with Crippen LogP contribution >= 0.6 is 0 Å². The molecule has 0 radical (unpaired) electrons. The molecule has 1 fully saturated rings. The number of hydrogen-bond donors (Lipinski definition) is 3. The standard InChI is InChI=1S/C20H24FN7O2/c21-18-11-17-16(13-23-18)25-19(30)15-4-5-22-20(26-15)24-12-14(29)3-1-2-6-27-7-9-28(17)10-8-27/h1-2,4-5,11,13-14,29H,3,6-10,12H2,(H,25,30)(H,22,24,26)/b2-1+. The second-order valence-electron chi connectivity index (χ2n) is 7.27. The number of pyridine rings is 1. The van der Waals surface area contributed by atoms with Crippen LogP contribution in [-0.4, -0.2) is 76.2 Å². The maximum atomic E-state index is 13.9. The lowest BCUT2D eigenvalue weighted by Gasteiger charge is -2.36. The Morgan fingerprint density at radius 1 is 1.17 bits per heavy atom. The largest absolute Gasteiger partial charge is 0.391 e. The summed E-state index contributed by atoms with van der Waals surface area (Å²) in [5.41, 5.74) is 1.19. The van der Waals surface area contributed by atoms with Gasteiger partial charge in [0.05, 0.1) is 23.7 Å². The zero-order valence-electron chi connectivity index (χ0n) is 16.5. The number of nitrogens with zero attached hydrogens (tertiary/aromatic N) is 5. The van der Waals surface area contributed by atoms with Crippen molar-refractivity contribution < 1.29 is 14.3 Å². The second kappa shape index (κ2) is 9.14. The Balaban J connectivity index is 1.63. The molecule has 9 nitrogen and oxygen atoms in total. The molecule has 5 rings (SSSR count). The van der Waals surface area contributed by atoms with E-state index in [9.17, 15) is 14.3 Å². The molecule has 0 spiro atoms. The Kier molecular flexibility index (Phi) is 6.15. The first kappa shape index (κ1) is 20.2. The molecule has 3 aliphatic heterocycles. The summed E-state index contributed by atoms with van der Waals surface area (Å²) >= 11 is 0. The van der Waals surface area contributed by atoms with Gasteiger partial charge in [-0.05, 0) is 12.5 Å². The minimum Gasteiger partial charge on any atom is -0.391 e. The lowest BCUT2D eigenvalue weighted by molar-refractivity contribution is 0.102. The Hall–Kier alpha value is -3.11. The summed E-state index contributed by atoms with van der Waals surface area (Å²) in [6, 6.07) is 2.84. The highest BCUT2D eigenvalue weighted by atomic mass is 19.1. The Labute approximate surface area is 173 Å². The van der Waals surface area contributed by atoms with Gasteiger partial charge in [0.2, 0.25) is 11.9 Å². The maximum absolute atomic E-state index is 13.9. The van der Waals surface area contributed by atoms with E-state index >= 15 is 0 Å². The van der Waals surface area contributed by atoms with Crippen LogP contribution in [0.1, 0.15) is 16.9 Å². The SMILES string of the molecule is O=C1Nc2cnc(F)cc2N2CCN(C/C=C/CC(O)CNc3nccc1n3)CC2. The number of amides is 1. The number of nitrogens with one attached hydrogen (secondary N) is 2. The number of aliphatic hydroxyl groups excluding tert-OH is 1. The van der Waals surface area contributed by atoms with Crippen LogP contribution in [0.3, 0.4) is 0 Å². The molecule has 158 valence electrons.